The lowest BCUT2D eigenvalue weighted by atomic mass is 10.00. The molecule has 1 aromatic rings. The quantitative estimate of drug-likeness (QED) is 0.820. The van der Waals surface area contributed by atoms with E-state index in [9.17, 15) is 0 Å². The molecular weight excluding hydrogens is 212 g/mol. The number of anilines is 1. The monoisotopic (exact) mass is 236 g/mol. The van der Waals surface area contributed by atoms with Gasteiger partial charge in [0.1, 0.15) is 0 Å². The second-order valence-corrected chi connectivity index (χ2v) is 5.02. The first-order chi connectivity index (χ1) is 7.95. The van der Waals surface area contributed by atoms with Gasteiger partial charge in [0.2, 0.25) is 0 Å². The molecule has 0 spiro atoms. The molecule has 1 rings (SSSR count). The first-order valence-corrected chi connectivity index (χ1v) is 6.13. The minimum atomic E-state index is -0.192. The Morgan fingerprint density at radius 2 is 2.00 bits per heavy atom. The van der Waals surface area contributed by atoms with Crippen LogP contribution in [0.2, 0.25) is 0 Å². The number of nitrogens with zero attached hydrogens (tertiary/aromatic N) is 1. The molecule has 0 aliphatic heterocycles. The molecule has 0 aliphatic rings. The van der Waals surface area contributed by atoms with Crippen LogP contribution in [0.5, 0.6) is 0 Å². The van der Waals surface area contributed by atoms with Crippen LogP contribution in [0.1, 0.15) is 30.9 Å². The van der Waals surface area contributed by atoms with Gasteiger partial charge in [-0.15, -0.1) is 0 Å². The zero-order chi connectivity index (χ0) is 13.0. The number of likely N-dealkylation sites (N-methyl/N-ethyl adjacent to an activating group) is 1. The minimum absolute atomic E-state index is 0.0211. The Labute approximate surface area is 104 Å². The molecule has 1 atom stereocenters. The summed E-state index contributed by atoms with van der Waals surface area (Å²) in [5.41, 5.74) is 9.53. The van der Waals surface area contributed by atoms with Gasteiger partial charge in [-0.2, -0.15) is 0 Å². The third-order valence-corrected chi connectivity index (χ3v) is 3.05. The van der Waals surface area contributed by atoms with Crippen molar-refractivity contribution in [2.45, 2.75) is 32.7 Å². The van der Waals surface area contributed by atoms with E-state index in [1.54, 1.807) is 0 Å². The molecule has 3 N–H and O–H groups in total. The molecular formula is C14H24N2O. The Bertz CT molecular complexity index is 363. The van der Waals surface area contributed by atoms with Crippen molar-refractivity contribution in [1.29, 1.82) is 0 Å². The lowest BCUT2D eigenvalue weighted by Crippen LogP contribution is -2.38. The number of aliphatic hydroxyl groups excluding tert-OH is 1. The van der Waals surface area contributed by atoms with Gasteiger partial charge in [0, 0.05) is 25.3 Å². The fourth-order valence-corrected chi connectivity index (χ4v) is 1.90. The smallest absolute Gasteiger partial charge is 0.0599 e. The fourth-order valence-electron chi connectivity index (χ4n) is 1.90. The van der Waals surface area contributed by atoms with Crippen molar-refractivity contribution in [3.8, 4) is 0 Å². The highest BCUT2D eigenvalue weighted by Crippen LogP contribution is 2.24. The van der Waals surface area contributed by atoms with Crippen molar-refractivity contribution in [3.63, 3.8) is 0 Å². The molecule has 1 aromatic carbocycles. The van der Waals surface area contributed by atoms with Gasteiger partial charge >= 0.3 is 0 Å². The highest BCUT2D eigenvalue weighted by molar-refractivity contribution is 5.55. The maximum absolute atomic E-state index is 8.99. The van der Waals surface area contributed by atoms with Crippen LogP contribution in [0.25, 0.3) is 0 Å². The van der Waals surface area contributed by atoms with Gasteiger partial charge in [-0.3, -0.25) is 0 Å². The average Bonchev–Trinajstić information content (AvgIpc) is 2.28. The molecule has 3 heteroatoms. The zero-order valence-corrected chi connectivity index (χ0v) is 11.3. The van der Waals surface area contributed by atoms with Gasteiger partial charge in [-0.1, -0.05) is 26.0 Å². The van der Waals surface area contributed by atoms with Crippen LogP contribution in [0.3, 0.4) is 0 Å². The Balaban J connectivity index is 2.91. The molecule has 0 fully saturated rings. The summed E-state index contributed by atoms with van der Waals surface area (Å²) in [5.74, 6) is 0.522. The molecule has 0 heterocycles. The summed E-state index contributed by atoms with van der Waals surface area (Å²) >= 11 is 0. The van der Waals surface area contributed by atoms with Crippen LogP contribution in [0, 0.1) is 6.92 Å². The molecule has 96 valence electrons. The minimum Gasteiger partial charge on any atom is -0.395 e. The Kier molecular flexibility index (Phi) is 4.97. The second kappa shape index (κ2) is 6.03. The lowest BCUT2D eigenvalue weighted by Gasteiger charge is -2.25. The summed E-state index contributed by atoms with van der Waals surface area (Å²) in [5, 5.41) is 8.99. The topological polar surface area (TPSA) is 49.5 Å². The van der Waals surface area contributed by atoms with E-state index < -0.39 is 0 Å². The van der Waals surface area contributed by atoms with Crippen molar-refractivity contribution < 1.29 is 5.11 Å². The van der Waals surface area contributed by atoms with E-state index in [2.05, 4.69) is 43.9 Å². The molecule has 0 saturated heterocycles. The van der Waals surface area contributed by atoms with Crippen LogP contribution in [-0.2, 0) is 0 Å². The Morgan fingerprint density at radius 3 is 2.53 bits per heavy atom. The Hall–Kier alpha value is -1.06. The number of aliphatic hydroxyl groups is 1. The standard InChI is InChI=1S/C14H24N2O/c1-10(2)12-6-5-11(3)14(7-12)16(4)8-13(15)9-17/h5-7,10,13,17H,8-9,15H2,1-4H3. The largest absolute Gasteiger partial charge is 0.395 e. The molecule has 17 heavy (non-hydrogen) atoms. The highest BCUT2D eigenvalue weighted by atomic mass is 16.3. The number of nitrogens with two attached hydrogens (primary N) is 1. The number of aryl methyl sites for hydroxylation is 1. The van der Waals surface area contributed by atoms with E-state index in [1.807, 2.05) is 7.05 Å². The first kappa shape index (κ1) is 14.0. The maximum Gasteiger partial charge on any atom is 0.0599 e. The van der Waals surface area contributed by atoms with Crippen molar-refractivity contribution in [2.75, 3.05) is 25.1 Å². The summed E-state index contributed by atoms with van der Waals surface area (Å²) in [6, 6.07) is 6.33. The number of benzene rings is 1. The third-order valence-electron chi connectivity index (χ3n) is 3.05. The van der Waals surface area contributed by atoms with E-state index >= 15 is 0 Å². The first-order valence-electron chi connectivity index (χ1n) is 6.13. The average molecular weight is 236 g/mol. The van der Waals surface area contributed by atoms with Crippen LogP contribution >= 0.6 is 0 Å². The van der Waals surface area contributed by atoms with Crippen LogP contribution < -0.4 is 10.6 Å². The van der Waals surface area contributed by atoms with Crippen molar-refractivity contribution in [3.05, 3.63) is 29.3 Å². The predicted octanol–water partition coefficient (Wildman–Crippen LogP) is 1.87. The molecule has 3 nitrogen and oxygen atoms in total. The third kappa shape index (κ3) is 3.72. The van der Waals surface area contributed by atoms with E-state index in [-0.39, 0.29) is 12.6 Å². The Morgan fingerprint density at radius 1 is 1.35 bits per heavy atom. The summed E-state index contributed by atoms with van der Waals surface area (Å²) in [6.45, 7) is 7.16. The molecule has 0 aliphatic carbocycles. The fraction of sp³-hybridized carbons (Fsp3) is 0.571. The van der Waals surface area contributed by atoms with Crippen molar-refractivity contribution in [2.24, 2.45) is 5.73 Å². The SMILES string of the molecule is Cc1ccc(C(C)C)cc1N(C)CC(N)CO. The highest BCUT2D eigenvalue weighted by Gasteiger charge is 2.10. The molecule has 0 radical (unpaired) electrons. The summed E-state index contributed by atoms with van der Waals surface area (Å²) in [4.78, 5) is 2.11. The van der Waals surface area contributed by atoms with Crippen molar-refractivity contribution >= 4 is 5.69 Å². The number of hydrogen-bond acceptors (Lipinski definition) is 3. The van der Waals surface area contributed by atoms with Crippen LogP contribution in [0.15, 0.2) is 18.2 Å². The summed E-state index contributed by atoms with van der Waals surface area (Å²) in [7, 11) is 2.02. The van der Waals surface area contributed by atoms with Crippen LogP contribution in [-0.4, -0.2) is 31.3 Å². The predicted molar refractivity (Wildman–Crippen MR) is 73.6 cm³/mol. The van der Waals surface area contributed by atoms with Gasteiger partial charge in [0.15, 0.2) is 0 Å². The maximum atomic E-state index is 8.99. The van der Waals surface area contributed by atoms with Gasteiger partial charge in [0.05, 0.1) is 6.61 Å². The lowest BCUT2D eigenvalue weighted by molar-refractivity contribution is 0.267. The van der Waals surface area contributed by atoms with E-state index in [1.165, 1.54) is 16.8 Å². The number of hydrogen-bond donors (Lipinski definition) is 2. The van der Waals surface area contributed by atoms with E-state index in [0.717, 1.165) is 0 Å². The molecule has 0 aromatic heterocycles. The molecule has 0 bridgehead atoms. The van der Waals surface area contributed by atoms with Crippen LogP contribution in [0.4, 0.5) is 5.69 Å². The molecule has 0 amide bonds. The van der Waals surface area contributed by atoms with Gasteiger partial charge < -0.3 is 15.7 Å². The number of rotatable bonds is 5. The van der Waals surface area contributed by atoms with Gasteiger partial charge in [-0.05, 0) is 30.0 Å². The summed E-state index contributed by atoms with van der Waals surface area (Å²) < 4.78 is 0. The normalized spacial score (nSPS) is 12.9. The van der Waals surface area contributed by atoms with E-state index in [0.29, 0.717) is 12.5 Å². The van der Waals surface area contributed by atoms with Gasteiger partial charge in [-0.25, -0.2) is 0 Å². The molecule has 0 saturated carbocycles. The van der Waals surface area contributed by atoms with E-state index in [4.69, 9.17) is 10.8 Å². The second-order valence-electron chi connectivity index (χ2n) is 5.02. The zero-order valence-electron chi connectivity index (χ0n) is 11.3. The summed E-state index contributed by atoms with van der Waals surface area (Å²) in [6.07, 6.45) is 0. The van der Waals surface area contributed by atoms with Crippen molar-refractivity contribution in [1.82, 2.24) is 0 Å². The molecule has 1 unspecified atom stereocenters. The van der Waals surface area contributed by atoms with Gasteiger partial charge in [0.25, 0.3) is 0 Å².